The topological polar surface area (TPSA) is 91.5 Å². The van der Waals surface area contributed by atoms with Crippen LogP contribution in [0.2, 0.25) is 5.02 Å². The number of H-pyrrole nitrogens is 1. The Hall–Kier alpha value is -2.64. The number of ether oxygens (including phenoxy) is 1. The molecule has 35 heavy (non-hydrogen) atoms. The summed E-state index contributed by atoms with van der Waals surface area (Å²) in [5, 5.41) is 3.06. The van der Waals surface area contributed by atoms with E-state index in [0.717, 1.165) is 36.9 Å². The van der Waals surface area contributed by atoms with Crippen molar-refractivity contribution < 1.29 is 14.3 Å². The van der Waals surface area contributed by atoms with Crippen molar-refractivity contribution in [3.05, 3.63) is 61.0 Å². The second kappa shape index (κ2) is 9.43. The number of hydrogen-bond donors (Lipinski definition) is 2. The molecule has 1 amide bonds. The van der Waals surface area contributed by atoms with Crippen molar-refractivity contribution in [1.29, 1.82) is 0 Å². The van der Waals surface area contributed by atoms with Crippen molar-refractivity contribution in [3.63, 3.8) is 0 Å². The number of benzene rings is 1. The lowest BCUT2D eigenvalue weighted by molar-refractivity contribution is 0.0184. The summed E-state index contributed by atoms with van der Waals surface area (Å²) in [4.78, 5) is 44.1. The fraction of sp³-hybridized carbons (Fsp3) is 0.519. The van der Waals surface area contributed by atoms with Crippen LogP contribution in [0, 0.1) is 26.7 Å². The maximum absolute atomic E-state index is 13.7. The molecule has 188 valence electrons. The summed E-state index contributed by atoms with van der Waals surface area (Å²) >= 11 is 6.55. The van der Waals surface area contributed by atoms with Gasteiger partial charge in [-0.3, -0.25) is 14.4 Å². The number of carbonyl (C=O) groups is 2. The number of amides is 1. The summed E-state index contributed by atoms with van der Waals surface area (Å²) in [6, 6.07) is 3.93. The third-order valence-electron chi connectivity index (χ3n) is 7.86. The number of aryl methyl sites for hydroxylation is 2. The van der Waals surface area contributed by atoms with Gasteiger partial charge in [0.25, 0.3) is 11.5 Å². The molecule has 1 aliphatic heterocycles. The van der Waals surface area contributed by atoms with Gasteiger partial charge in [0, 0.05) is 35.3 Å². The highest BCUT2D eigenvalue weighted by Gasteiger charge is 2.52. The first kappa shape index (κ1) is 25.5. The van der Waals surface area contributed by atoms with Crippen LogP contribution >= 0.6 is 11.6 Å². The molecule has 1 aliphatic carbocycles. The molecule has 0 bridgehead atoms. The first-order valence-corrected chi connectivity index (χ1v) is 12.5. The van der Waals surface area contributed by atoms with Crippen LogP contribution in [-0.2, 0) is 6.54 Å². The minimum atomic E-state index is -0.991. The van der Waals surface area contributed by atoms with E-state index in [9.17, 15) is 14.4 Å². The van der Waals surface area contributed by atoms with Crippen molar-refractivity contribution in [3.8, 4) is 5.75 Å². The number of nitrogens with one attached hydrogen (secondary N) is 2. The molecule has 2 aliphatic rings. The van der Waals surface area contributed by atoms with Crippen LogP contribution in [0.4, 0.5) is 0 Å². The minimum absolute atomic E-state index is 0.0751. The molecule has 0 radical (unpaired) electrons. The Balaban J connectivity index is 1.57. The van der Waals surface area contributed by atoms with Crippen LogP contribution in [0.15, 0.2) is 16.9 Å². The number of fused-ring (bicyclic) bond motifs is 1. The number of Topliss-reactive ketones (excluding diaryl/α,β-unsaturated/α-hetero) is 1. The molecule has 2 heterocycles. The van der Waals surface area contributed by atoms with Crippen LogP contribution in [0.25, 0.3) is 0 Å². The summed E-state index contributed by atoms with van der Waals surface area (Å²) in [6.07, 6.45) is 3.82. The fourth-order valence-electron chi connectivity index (χ4n) is 5.62. The van der Waals surface area contributed by atoms with Gasteiger partial charge in [-0.1, -0.05) is 11.6 Å². The van der Waals surface area contributed by atoms with Gasteiger partial charge < -0.3 is 19.9 Å². The molecule has 0 saturated heterocycles. The Morgan fingerprint density at radius 1 is 1.17 bits per heavy atom. The van der Waals surface area contributed by atoms with Gasteiger partial charge in [-0.15, -0.1) is 0 Å². The van der Waals surface area contributed by atoms with Gasteiger partial charge in [0.2, 0.25) is 5.78 Å². The standard InChI is InChI=1S/C27H34ClN3O4/c1-14-11-15(2)30-26(34)20(14)13-29-25(33)19-12-21(28)23-22(16(19)3)24(32)27(4,35-23)17-7-9-18(10-8-17)31(5)6/h11-12,17-18H,7-10,13H2,1-6H3,(H,29,33)(H,30,34). The highest BCUT2D eigenvalue weighted by molar-refractivity contribution is 6.34. The molecule has 8 heteroatoms. The number of halogens is 1. The summed E-state index contributed by atoms with van der Waals surface area (Å²) < 4.78 is 6.29. The average molecular weight is 500 g/mol. The predicted molar refractivity (Wildman–Crippen MR) is 137 cm³/mol. The smallest absolute Gasteiger partial charge is 0.253 e. The zero-order chi connectivity index (χ0) is 25.7. The lowest BCUT2D eigenvalue weighted by Gasteiger charge is -2.39. The van der Waals surface area contributed by atoms with Gasteiger partial charge in [-0.2, -0.15) is 0 Å². The Labute approximate surface area is 211 Å². The van der Waals surface area contributed by atoms with Gasteiger partial charge in [-0.25, -0.2) is 0 Å². The zero-order valence-corrected chi connectivity index (χ0v) is 22.1. The van der Waals surface area contributed by atoms with E-state index in [1.807, 2.05) is 26.8 Å². The number of pyridine rings is 1. The monoisotopic (exact) mass is 499 g/mol. The van der Waals surface area contributed by atoms with E-state index in [4.69, 9.17) is 16.3 Å². The molecule has 2 aromatic rings. The summed E-state index contributed by atoms with van der Waals surface area (Å²) in [6.45, 7) is 7.34. The number of hydrogen-bond acceptors (Lipinski definition) is 5. The molecule has 1 aromatic heterocycles. The molecule has 1 aromatic carbocycles. The van der Waals surface area contributed by atoms with Crippen molar-refractivity contribution in [2.45, 2.75) is 71.6 Å². The lowest BCUT2D eigenvalue weighted by atomic mass is 9.73. The average Bonchev–Trinajstić information content (AvgIpc) is 3.08. The third kappa shape index (κ3) is 4.52. The quantitative estimate of drug-likeness (QED) is 0.638. The van der Waals surface area contributed by atoms with Gasteiger partial charge in [0.1, 0.15) is 0 Å². The predicted octanol–water partition coefficient (Wildman–Crippen LogP) is 4.34. The number of nitrogens with zero attached hydrogens (tertiary/aromatic N) is 1. The Morgan fingerprint density at radius 2 is 1.83 bits per heavy atom. The van der Waals surface area contributed by atoms with Gasteiger partial charge in [0.05, 0.1) is 10.6 Å². The molecular weight excluding hydrogens is 466 g/mol. The van der Waals surface area contributed by atoms with E-state index in [0.29, 0.717) is 34.0 Å². The first-order chi connectivity index (χ1) is 16.4. The largest absolute Gasteiger partial charge is 0.477 e. The number of rotatable bonds is 5. The molecule has 1 saturated carbocycles. The van der Waals surface area contributed by atoms with E-state index in [-0.39, 0.29) is 34.7 Å². The number of aromatic nitrogens is 1. The second-order valence-corrected chi connectivity index (χ2v) is 10.8. The van der Waals surface area contributed by atoms with Crippen molar-refractivity contribution in [2.24, 2.45) is 5.92 Å². The molecule has 1 atom stereocenters. The highest BCUT2D eigenvalue weighted by atomic mass is 35.5. The molecule has 2 N–H and O–H groups in total. The van der Waals surface area contributed by atoms with Gasteiger partial charge >= 0.3 is 0 Å². The number of ketones is 1. The molecule has 7 nitrogen and oxygen atoms in total. The fourth-order valence-corrected chi connectivity index (χ4v) is 5.86. The summed E-state index contributed by atoms with van der Waals surface area (Å²) in [5.74, 6) is -0.0449. The van der Waals surface area contributed by atoms with E-state index < -0.39 is 5.60 Å². The number of carbonyl (C=O) groups excluding carboxylic acids is 2. The van der Waals surface area contributed by atoms with E-state index in [2.05, 4.69) is 29.3 Å². The van der Waals surface area contributed by atoms with Crippen molar-refractivity contribution >= 4 is 23.3 Å². The SMILES string of the molecule is Cc1cc(C)c(CNC(=O)c2cc(Cl)c3c(c2C)C(=O)C(C)(C2CCC(N(C)C)CC2)O3)c(=O)[nH]1. The minimum Gasteiger partial charge on any atom is -0.477 e. The van der Waals surface area contributed by atoms with Crippen molar-refractivity contribution in [2.75, 3.05) is 14.1 Å². The van der Waals surface area contributed by atoms with Crippen LogP contribution < -0.4 is 15.6 Å². The summed E-state index contributed by atoms with van der Waals surface area (Å²) in [7, 11) is 4.18. The lowest BCUT2D eigenvalue weighted by Crippen LogP contribution is -2.47. The molecule has 4 rings (SSSR count). The molecule has 0 spiro atoms. The number of aromatic amines is 1. The normalized spacial score (nSPS) is 23.8. The van der Waals surface area contributed by atoms with E-state index in [1.54, 1.807) is 13.0 Å². The Bertz CT molecular complexity index is 1240. The first-order valence-electron chi connectivity index (χ1n) is 12.1. The van der Waals surface area contributed by atoms with E-state index in [1.165, 1.54) is 0 Å². The van der Waals surface area contributed by atoms with Gasteiger partial charge in [-0.05, 0) is 90.7 Å². The molecule has 1 unspecified atom stereocenters. The van der Waals surface area contributed by atoms with Crippen LogP contribution in [0.1, 0.15) is 75.7 Å². The third-order valence-corrected chi connectivity index (χ3v) is 8.14. The Kier molecular flexibility index (Phi) is 6.86. The van der Waals surface area contributed by atoms with E-state index >= 15 is 0 Å². The maximum Gasteiger partial charge on any atom is 0.253 e. The van der Waals surface area contributed by atoms with Crippen LogP contribution in [-0.4, -0.2) is 47.3 Å². The van der Waals surface area contributed by atoms with Crippen molar-refractivity contribution in [1.82, 2.24) is 15.2 Å². The molecule has 1 fully saturated rings. The Morgan fingerprint density at radius 3 is 2.43 bits per heavy atom. The maximum atomic E-state index is 13.7. The zero-order valence-electron chi connectivity index (χ0n) is 21.3. The van der Waals surface area contributed by atoms with Crippen LogP contribution in [0.3, 0.4) is 0 Å². The van der Waals surface area contributed by atoms with Gasteiger partial charge in [0.15, 0.2) is 11.4 Å². The molecular formula is C27H34ClN3O4. The summed E-state index contributed by atoms with van der Waals surface area (Å²) in [5.41, 5.74) is 2.10. The van der Waals surface area contributed by atoms with Crippen LogP contribution in [0.5, 0.6) is 5.75 Å². The highest BCUT2D eigenvalue weighted by Crippen LogP contribution is 2.48. The second-order valence-electron chi connectivity index (χ2n) is 10.4.